The predicted octanol–water partition coefficient (Wildman–Crippen LogP) is 0.472. The molecule has 0 aliphatic carbocycles. The summed E-state index contributed by atoms with van der Waals surface area (Å²) in [6, 6.07) is 1.66. The van der Waals surface area contributed by atoms with Gasteiger partial charge in [-0.15, -0.1) is 0 Å². The third-order valence-electron chi connectivity index (χ3n) is 1.72. The van der Waals surface area contributed by atoms with Gasteiger partial charge in [0.1, 0.15) is 5.52 Å². The molecule has 0 bridgehead atoms. The summed E-state index contributed by atoms with van der Waals surface area (Å²) in [5, 5.41) is 12.8. The van der Waals surface area contributed by atoms with E-state index in [0.29, 0.717) is 5.52 Å². The molecule has 0 radical (unpaired) electrons. The van der Waals surface area contributed by atoms with Crippen molar-refractivity contribution < 1.29 is 5.11 Å². The van der Waals surface area contributed by atoms with Crippen molar-refractivity contribution in [2.45, 2.75) is 0 Å². The maximum atomic E-state index is 11.5. The molecule has 0 aliphatic heterocycles. The fourth-order valence-electron chi connectivity index (χ4n) is 1.11. The molecule has 5 heteroatoms. The number of aliphatic hydroxyl groups is 1. The quantitative estimate of drug-likeness (QED) is 0.729. The van der Waals surface area contributed by atoms with E-state index in [1.54, 1.807) is 12.3 Å². The number of nitrogens with zero attached hydrogens (tertiary/aromatic N) is 2. The zero-order valence-corrected chi connectivity index (χ0v) is 8.02. The van der Waals surface area contributed by atoms with Gasteiger partial charge in [-0.1, -0.05) is 0 Å². The summed E-state index contributed by atoms with van der Waals surface area (Å²) >= 11 is 3.23. The lowest BCUT2D eigenvalue weighted by molar-refractivity contribution is 0.539. The molecule has 0 saturated heterocycles. The Kier molecular flexibility index (Phi) is 1.81. The smallest absolute Gasteiger partial charge is 0.216 e. The second kappa shape index (κ2) is 2.85. The van der Waals surface area contributed by atoms with Crippen LogP contribution in [0.15, 0.2) is 27.7 Å². The van der Waals surface area contributed by atoms with Crippen LogP contribution in [0.3, 0.4) is 0 Å². The van der Waals surface area contributed by atoms with Gasteiger partial charge in [0.15, 0.2) is 0 Å². The first-order valence-electron chi connectivity index (χ1n) is 3.53. The molecule has 0 amide bonds. The summed E-state index contributed by atoms with van der Waals surface area (Å²) in [5.74, 6) is 0. The number of halogens is 1. The molecule has 0 unspecified atom stereocenters. The third-order valence-corrected chi connectivity index (χ3v) is 2.16. The average molecular weight is 241 g/mol. The highest BCUT2D eigenvalue weighted by Crippen LogP contribution is 2.10. The van der Waals surface area contributed by atoms with Gasteiger partial charge in [-0.3, -0.25) is 4.79 Å². The van der Waals surface area contributed by atoms with Crippen LogP contribution in [0.1, 0.15) is 0 Å². The molecule has 0 saturated carbocycles. The lowest BCUT2D eigenvalue weighted by Gasteiger charge is -1.89. The largest absolute Gasteiger partial charge is 0.515 e. The van der Waals surface area contributed by atoms with E-state index in [4.69, 9.17) is 5.11 Å². The van der Waals surface area contributed by atoms with Gasteiger partial charge in [-0.2, -0.15) is 5.10 Å². The lowest BCUT2D eigenvalue weighted by Crippen LogP contribution is -2.26. The molecular formula is C8H5BrN2O2. The van der Waals surface area contributed by atoms with Crippen LogP contribution in [0.5, 0.6) is 0 Å². The molecular weight excluding hydrogens is 236 g/mol. The molecule has 0 atom stereocenters. The Labute approximate surface area is 81.2 Å². The average Bonchev–Trinajstić information content (AvgIpc) is 2.47. The topological polar surface area (TPSA) is 54.6 Å². The molecule has 66 valence electrons. The first-order chi connectivity index (χ1) is 6.22. The van der Waals surface area contributed by atoms with E-state index in [1.165, 1.54) is 10.7 Å². The Morgan fingerprint density at radius 2 is 2.38 bits per heavy atom. The van der Waals surface area contributed by atoms with Crippen molar-refractivity contribution in [1.29, 1.82) is 0 Å². The fourth-order valence-corrected chi connectivity index (χ4v) is 1.52. The van der Waals surface area contributed by atoms with Crippen molar-refractivity contribution >= 4 is 27.7 Å². The SMILES string of the molecule is O=c1c(=CO)cnn2cc(Br)cc12. The van der Waals surface area contributed by atoms with E-state index < -0.39 is 0 Å². The molecule has 2 rings (SSSR count). The van der Waals surface area contributed by atoms with Gasteiger partial charge in [0.25, 0.3) is 0 Å². The summed E-state index contributed by atoms with van der Waals surface area (Å²) in [7, 11) is 0. The Balaban J connectivity index is 3.03. The summed E-state index contributed by atoms with van der Waals surface area (Å²) in [5.41, 5.74) is 0.206. The van der Waals surface area contributed by atoms with Crippen molar-refractivity contribution in [3.05, 3.63) is 38.4 Å². The zero-order chi connectivity index (χ0) is 9.42. The van der Waals surface area contributed by atoms with Crippen LogP contribution in [-0.4, -0.2) is 14.7 Å². The summed E-state index contributed by atoms with van der Waals surface area (Å²) < 4.78 is 2.24. The van der Waals surface area contributed by atoms with Crippen LogP contribution >= 0.6 is 15.9 Å². The molecule has 0 fully saturated rings. The molecule has 1 N–H and O–H groups in total. The Bertz CT molecular complexity index is 561. The van der Waals surface area contributed by atoms with E-state index in [9.17, 15) is 4.79 Å². The first-order valence-corrected chi connectivity index (χ1v) is 4.33. The highest BCUT2D eigenvalue weighted by atomic mass is 79.9. The van der Waals surface area contributed by atoms with Gasteiger partial charge in [0.05, 0.1) is 17.7 Å². The van der Waals surface area contributed by atoms with Crippen molar-refractivity contribution in [2.75, 3.05) is 0 Å². The highest BCUT2D eigenvalue weighted by molar-refractivity contribution is 9.10. The van der Waals surface area contributed by atoms with Crippen LogP contribution in [0, 0.1) is 0 Å². The Hall–Kier alpha value is -1.36. The highest BCUT2D eigenvalue weighted by Gasteiger charge is 2.02. The minimum absolute atomic E-state index is 0.193. The molecule has 0 aliphatic rings. The van der Waals surface area contributed by atoms with Crippen LogP contribution in [0.2, 0.25) is 0 Å². The van der Waals surface area contributed by atoms with Crippen molar-refractivity contribution in [2.24, 2.45) is 0 Å². The first kappa shape index (κ1) is 8.25. The number of aliphatic hydroxyl groups excluding tert-OH is 1. The number of fused-ring (bicyclic) bond motifs is 1. The van der Waals surface area contributed by atoms with Gasteiger partial charge in [0.2, 0.25) is 5.43 Å². The van der Waals surface area contributed by atoms with Gasteiger partial charge < -0.3 is 5.11 Å². The molecule has 4 nitrogen and oxygen atoms in total. The minimum Gasteiger partial charge on any atom is -0.515 e. The van der Waals surface area contributed by atoms with Gasteiger partial charge in [-0.05, 0) is 22.0 Å². The monoisotopic (exact) mass is 240 g/mol. The van der Waals surface area contributed by atoms with Crippen molar-refractivity contribution in [3.63, 3.8) is 0 Å². The standard InChI is InChI=1S/C8H5BrN2O2/c9-6-1-7-8(13)5(4-12)2-10-11(7)3-6/h1-4,12H. The zero-order valence-electron chi connectivity index (χ0n) is 6.44. The van der Waals surface area contributed by atoms with E-state index in [-0.39, 0.29) is 10.6 Å². The Morgan fingerprint density at radius 1 is 1.62 bits per heavy atom. The fraction of sp³-hybridized carbons (Fsp3) is 0. The number of aromatic nitrogens is 2. The van der Waals surface area contributed by atoms with E-state index in [1.807, 2.05) is 0 Å². The molecule has 13 heavy (non-hydrogen) atoms. The van der Waals surface area contributed by atoms with Gasteiger partial charge in [-0.25, -0.2) is 4.52 Å². The molecule has 2 aromatic heterocycles. The van der Waals surface area contributed by atoms with Crippen LogP contribution in [0.4, 0.5) is 0 Å². The lowest BCUT2D eigenvalue weighted by atomic mass is 10.4. The number of hydrogen-bond acceptors (Lipinski definition) is 3. The second-order valence-electron chi connectivity index (χ2n) is 2.55. The summed E-state index contributed by atoms with van der Waals surface area (Å²) in [6.07, 6.45) is 3.76. The van der Waals surface area contributed by atoms with Gasteiger partial charge in [0, 0.05) is 10.7 Å². The van der Waals surface area contributed by atoms with E-state index in [0.717, 1.165) is 10.7 Å². The third kappa shape index (κ3) is 1.21. The van der Waals surface area contributed by atoms with E-state index >= 15 is 0 Å². The summed E-state index contributed by atoms with van der Waals surface area (Å²) in [4.78, 5) is 11.5. The molecule has 0 spiro atoms. The van der Waals surface area contributed by atoms with Crippen molar-refractivity contribution in [1.82, 2.24) is 9.61 Å². The van der Waals surface area contributed by atoms with Crippen molar-refractivity contribution in [3.8, 4) is 0 Å². The Morgan fingerprint density at radius 3 is 3.08 bits per heavy atom. The maximum Gasteiger partial charge on any atom is 0.216 e. The molecule has 0 aromatic carbocycles. The van der Waals surface area contributed by atoms with E-state index in [2.05, 4.69) is 21.0 Å². The maximum absolute atomic E-state index is 11.5. The predicted molar refractivity (Wildman–Crippen MR) is 51.5 cm³/mol. The minimum atomic E-state index is -0.233. The van der Waals surface area contributed by atoms with Crippen LogP contribution in [0.25, 0.3) is 11.8 Å². The molecule has 2 heterocycles. The van der Waals surface area contributed by atoms with Crippen LogP contribution < -0.4 is 10.6 Å². The summed E-state index contributed by atoms with van der Waals surface area (Å²) in [6.45, 7) is 0. The number of rotatable bonds is 0. The molecule has 2 aromatic rings. The van der Waals surface area contributed by atoms with Crippen LogP contribution in [-0.2, 0) is 0 Å². The normalized spacial score (nSPS) is 12.5. The number of hydrogen-bond donors (Lipinski definition) is 1. The van der Waals surface area contributed by atoms with Gasteiger partial charge >= 0.3 is 0 Å². The second-order valence-corrected chi connectivity index (χ2v) is 3.46.